The predicted molar refractivity (Wildman–Crippen MR) is 68.8 cm³/mol. The summed E-state index contributed by atoms with van der Waals surface area (Å²) in [4.78, 5) is 13.8. The van der Waals surface area contributed by atoms with E-state index >= 15 is 0 Å². The monoisotopic (exact) mass is 245 g/mol. The third kappa shape index (κ3) is 2.43. The Labute approximate surface area is 105 Å². The Morgan fingerprint density at radius 1 is 1.22 bits per heavy atom. The maximum absolute atomic E-state index is 11.9. The molecule has 0 saturated carbocycles. The topological polar surface area (TPSA) is 53.7 Å². The highest BCUT2D eigenvalue weighted by atomic mass is 16.3. The van der Waals surface area contributed by atoms with Crippen LogP contribution in [0.1, 0.15) is 22.2 Å². The second-order valence-electron chi connectivity index (χ2n) is 4.23. The second-order valence-corrected chi connectivity index (χ2v) is 4.23. The summed E-state index contributed by atoms with van der Waals surface area (Å²) in [6, 6.07) is 10.3. The first-order valence-corrected chi connectivity index (χ1v) is 5.62. The van der Waals surface area contributed by atoms with Crippen LogP contribution in [0.15, 0.2) is 47.1 Å². The highest BCUT2D eigenvalue weighted by molar-refractivity contribution is 5.97. The largest absolute Gasteiger partial charge is 0.461 e. The maximum atomic E-state index is 11.9. The summed E-state index contributed by atoms with van der Waals surface area (Å²) in [6.45, 7) is 0. The van der Waals surface area contributed by atoms with Crippen LogP contribution in [0.2, 0.25) is 0 Å². The molecule has 4 heteroatoms. The van der Waals surface area contributed by atoms with E-state index in [4.69, 9.17) is 4.42 Å². The minimum Gasteiger partial charge on any atom is -0.461 e. The SMILES string of the molecule is CN(C)c1ccc(C(O)C(=O)c2ccco2)cc1. The number of benzene rings is 1. The Morgan fingerprint density at radius 2 is 1.89 bits per heavy atom. The highest BCUT2D eigenvalue weighted by Crippen LogP contribution is 2.21. The second kappa shape index (κ2) is 5.06. The van der Waals surface area contributed by atoms with Gasteiger partial charge >= 0.3 is 0 Å². The van der Waals surface area contributed by atoms with Crippen LogP contribution in [0.3, 0.4) is 0 Å². The van der Waals surface area contributed by atoms with Gasteiger partial charge in [-0.15, -0.1) is 0 Å². The van der Waals surface area contributed by atoms with Gasteiger partial charge in [-0.25, -0.2) is 0 Å². The van der Waals surface area contributed by atoms with Crippen molar-refractivity contribution >= 4 is 11.5 Å². The molecule has 18 heavy (non-hydrogen) atoms. The van der Waals surface area contributed by atoms with Crippen LogP contribution in [-0.4, -0.2) is 25.0 Å². The summed E-state index contributed by atoms with van der Waals surface area (Å²) in [5.74, 6) is -0.267. The van der Waals surface area contributed by atoms with Gasteiger partial charge in [0.15, 0.2) is 5.76 Å². The molecule has 1 atom stereocenters. The zero-order chi connectivity index (χ0) is 13.1. The normalized spacial score (nSPS) is 12.2. The number of hydrogen-bond donors (Lipinski definition) is 1. The van der Waals surface area contributed by atoms with Gasteiger partial charge in [0.2, 0.25) is 5.78 Å². The van der Waals surface area contributed by atoms with Gasteiger partial charge in [-0.3, -0.25) is 4.79 Å². The van der Waals surface area contributed by atoms with Crippen LogP contribution >= 0.6 is 0 Å². The first-order chi connectivity index (χ1) is 8.59. The molecular formula is C14H15NO3. The highest BCUT2D eigenvalue weighted by Gasteiger charge is 2.21. The number of aliphatic hydroxyl groups excluding tert-OH is 1. The van der Waals surface area contributed by atoms with Gasteiger partial charge < -0.3 is 14.4 Å². The summed E-state index contributed by atoms with van der Waals surface area (Å²) in [6.07, 6.45) is 0.224. The third-order valence-electron chi connectivity index (χ3n) is 2.74. The van der Waals surface area contributed by atoms with E-state index in [0.29, 0.717) is 5.56 Å². The molecule has 0 amide bonds. The summed E-state index contributed by atoms with van der Waals surface area (Å²) in [5.41, 5.74) is 1.57. The Kier molecular flexibility index (Phi) is 3.48. The zero-order valence-corrected chi connectivity index (χ0v) is 10.3. The predicted octanol–water partition coefficient (Wildman–Crippen LogP) is 2.26. The molecule has 0 aliphatic rings. The molecule has 1 unspecified atom stereocenters. The fourth-order valence-corrected chi connectivity index (χ4v) is 1.66. The van der Waals surface area contributed by atoms with Gasteiger partial charge in [-0.1, -0.05) is 12.1 Å². The van der Waals surface area contributed by atoms with E-state index in [1.165, 1.54) is 6.26 Å². The zero-order valence-electron chi connectivity index (χ0n) is 10.3. The van der Waals surface area contributed by atoms with Crippen LogP contribution in [0.25, 0.3) is 0 Å². The van der Waals surface area contributed by atoms with Gasteiger partial charge in [-0.05, 0) is 29.8 Å². The van der Waals surface area contributed by atoms with Crippen LogP contribution in [0.5, 0.6) is 0 Å². The van der Waals surface area contributed by atoms with E-state index in [0.717, 1.165) is 5.69 Å². The van der Waals surface area contributed by atoms with E-state index in [2.05, 4.69) is 0 Å². The van der Waals surface area contributed by atoms with Crippen molar-refractivity contribution in [3.05, 3.63) is 54.0 Å². The lowest BCUT2D eigenvalue weighted by Gasteiger charge is -2.14. The van der Waals surface area contributed by atoms with Crippen molar-refractivity contribution < 1.29 is 14.3 Å². The number of nitrogens with zero attached hydrogens (tertiary/aromatic N) is 1. The lowest BCUT2D eigenvalue weighted by molar-refractivity contribution is 0.0718. The Bertz CT molecular complexity index is 514. The lowest BCUT2D eigenvalue weighted by Crippen LogP contribution is -2.12. The standard InChI is InChI=1S/C14H15NO3/c1-15(2)11-7-5-10(6-8-11)13(16)14(17)12-4-3-9-18-12/h3-9,13,16H,1-2H3. The van der Waals surface area contributed by atoms with E-state index in [-0.39, 0.29) is 5.76 Å². The minimum atomic E-state index is -1.19. The molecule has 2 aromatic rings. The van der Waals surface area contributed by atoms with Gasteiger partial charge in [-0.2, -0.15) is 0 Å². The fourth-order valence-electron chi connectivity index (χ4n) is 1.66. The lowest BCUT2D eigenvalue weighted by atomic mass is 10.0. The smallest absolute Gasteiger partial charge is 0.230 e. The number of Topliss-reactive ketones (excluding diaryl/α,β-unsaturated/α-hetero) is 1. The van der Waals surface area contributed by atoms with Crippen LogP contribution in [0, 0.1) is 0 Å². The molecule has 0 fully saturated rings. The fraction of sp³-hybridized carbons (Fsp3) is 0.214. The summed E-state index contributed by atoms with van der Waals surface area (Å²) in [5, 5.41) is 9.97. The molecular weight excluding hydrogens is 230 g/mol. The Balaban J connectivity index is 2.18. The van der Waals surface area contributed by atoms with Crippen molar-refractivity contribution in [2.24, 2.45) is 0 Å². The van der Waals surface area contributed by atoms with Crippen molar-refractivity contribution in [1.82, 2.24) is 0 Å². The number of anilines is 1. The average Bonchev–Trinajstić information content (AvgIpc) is 2.91. The molecule has 2 rings (SSSR count). The molecule has 4 nitrogen and oxygen atoms in total. The molecule has 1 aromatic carbocycles. The molecule has 0 radical (unpaired) electrons. The number of aliphatic hydroxyl groups is 1. The Morgan fingerprint density at radius 3 is 2.39 bits per heavy atom. The van der Waals surface area contributed by atoms with Crippen molar-refractivity contribution in [3.8, 4) is 0 Å². The number of hydrogen-bond acceptors (Lipinski definition) is 4. The van der Waals surface area contributed by atoms with Crippen LogP contribution in [0.4, 0.5) is 5.69 Å². The van der Waals surface area contributed by atoms with Gasteiger partial charge in [0.05, 0.1) is 6.26 Å². The van der Waals surface area contributed by atoms with E-state index in [1.807, 2.05) is 31.1 Å². The summed E-state index contributed by atoms with van der Waals surface area (Å²) in [7, 11) is 3.86. The number of rotatable bonds is 4. The van der Waals surface area contributed by atoms with E-state index in [1.54, 1.807) is 24.3 Å². The van der Waals surface area contributed by atoms with E-state index in [9.17, 15) is 9.90 Å². The van der Waals surface area contributed by atoms with Crippen molar-refractivity contribution in [1.29, 1.82) is 0 Å². The van der Waals surface area contributed by atoms with E-state index < -0.39 is 11.9 Å². The maximum Gasteiger partial charge on any atom is 0.230 e. The molecule has 1 aromatic heterocycles. The average molecular weight is 245 g/mol. The first-order valence-electron chi connectivity index (χ1n) is 5.62. The number of furan rings is 1. The van der Waals surface area contributed by atoms with Crippen LogP contribution in [-0.2, 0) is 0 Å². The van der Waals surface area contributed by atoms with Crippen molar-refractivity contribution in [2.75, 3.05) is 19.0 Å². The third-order valence-corrected chi connectivity index (χ3v) is 2.74. The summed E-state index contributed by atoms with van der Waals surface area (Å²) >= 11 is 0. The molecule has 0 aliphatic heterocycles. The molecule has 1 heterocycles. The molecule has 0 spiro atoms. The molecule has 94 valence electrons. The number of carbonyl (C=O) groups is 1. The molecule has 0 aliphatic carbocycles. The minimum absolute atomic E-state index is 0.166. The first kappa shape index (κ1) is 12.4. The molecule has 0 bridgehead atoms. The van der Waals surface area contributed by atoms with Gasteiger partial charge in [0.1, 0.15) is 6.10 Å². The van der Waals surface area contributed by atoms with Crippen molar-refractivity contribution in [3.63, 3.8) is 0 Å². The van der Waals surface area contributed by atoms with Crippen molar-refractivity contribution in [2.45, 2.75) is 6.10 Å². The quantitative estimate of drug-likeness (QED) is 0.839. The molecule has 0 saturated heterocycles. The van der Waals surface area contributed by atoms with Crippen LogP contribution < -0.4 is 4.90 Å². The number of ketones is 1. The van der Waals surface area contributed by atoms with Gasteiger partial charge in [0, 0.05) is 19.8 Å². The van der Waals surface area contributed by atoms with Gasteiger partial charge in [0.25, 0.3) is 0 Å². The summed E-state index contributed by atoms with van der Waals surface area (Å²) < 4.78 is 4.98. The number of carbonyl (C=O) groups excluding carboxylic acids is 1. The molecule has 1 N–H and O–H groups in total. The Hall–Kier alpha value is -2.07.